The number of nitro benzene ring substituents is 1. The van der Waals surface area contributed by atoms with Crippen molar-refractivity contribution in [1.82, 2.24) is 0 Å². The molecule has 0 bridgehead atoms. The third-order valence-corrected chi connectivity index (χ3v) is 6.40. The summed E-state index contributed by atoms with van der Waals surface area (Å²) in [6.45, 7) is -0.653. The van der Waals surface area contributed by atoms with Crippen LogP contribution in [0.25, 0.3) is 10.1 Å². The molecule has 0 spiro atoms. The second-order valence-electron chi connectivity index (χ2n) is 5.75. The fourth-order valence-corrected chi connectivity index (χ4v) is 4.42. The molecule has 0 saturated carbocycles. The van der Waals surface area contributed by atoms with E-state index in [0.29, 0.717) is 20.9 Å². The Labute approximate surface area is 188 Å². The molecule has 0 atom stereocenters. The molecular formula is C18H11Cl3N2O6S. The van der Waals surface area contributed by atoms with E-state index in [1.54, 1.807) is 12.1 Å². The van der Waals surface area contributed by atoms with Crippen LogP contribution >= 0.6 is 46.1 Å². The van der Waals surface area contributed by atoms with Gasteiger partial charge in [0.1, 0.15) is 15.6 Å². The van der Waals surface area contributed by atoms with Crippen molar-refractivity contribution in [1.29, 1.82) is 0 Å². The number of nitrogens with one attached hydrogen (secondary N) is 1. The van der Waals surface area contributed by atoms with Crippen molar-refractivity contribution in [2.45, 2.75) is 0 Å². The van der Waals surface area contributed by atoms with Crippen LogP contribution in [0.15, 0.2) is 30.3 Å². The Bertz CT molecular complexity index is 1180. The molecule has 1 N–H and O–H groups in total. The number of benzene rings is 2. The second kappa shape index (κ2) is 9.05. The number of anilines is 1. The summed E-state index contributed by atoms with van der Waals surface area (Å²) < 4.78 is 10.7. The molecular weight excluding hydrogens is 479 g/mol. The number of rotatable bonds is 6. The SMILES string of the molecule is COc1ccc2c(Cl)c(C(=O)OCC(=O)Nc3cc([N+](=O)[O-])ccc3Cl)sc2c1Cl. The number of non-ortho nitro benzene ring substituents is 1. The van der Waals surface area contributed by atoms with Crippen molar-refractivity contribution in [3.05, 3.63) is 60.4 Å². The zero-order chi connectivity index (χ0) is 22.0. The molecule has 0 aliphatic heterocycles. The molecule has 3 aromatic rings. The number of hydrogen-bond acceptors (Lipinski definition) is 7. The van der Waals surface area contributed by atoms with Gasteiger partial charge in [0.15, 0.2) is 6.61 Å². The van der Waals surface area contributed by atoms with Crippen molar-refractivity contribution in [2.24, 2.45) is 0 Å². The number of fused-ring (bicyclic) bond motifs is 1. The van der Waals surface area contributed by atoms with E-state index >= 15 is 0 Å². The van der Waals surface area contributed by atoms with Gasteiger partial charge in [-0.05, 0) is 18.2 Å². The van der Waals surface area contributed by atoms with E-state index in [1.807, 2.05) is 0 Å². The molecule has 1 heterocycles. The van der Waals surface area contributed by atoms with Gasteiger partial charge < -0.3 is 14.8 Å². The molecule has 0 fully saturated rings. The van der Waals surface area contributed by atoms with Crippen LogP contribution in [0.2, 0.25) is 15.1 Å². The minimum Gasteiger partial charge on any atom is -0.495 e. The predicted octanol–water partition coefficient (Wildman–Crippen LogP) is 5.57. The first kappa shape index (κ1) is 22.1. The second-order valence-corrected chi connectivity index (χ2v) is 7.93. The maximum absolute atomic E-state index is 12.4. The maximum atomic E-state index is 12.4. The summed E-state index contributed by atoms with van der Waals surface area (Å²) in [7, 11) is 1.46. The highest BCUT2D eigenvalue weighted by Crippen LogP contribution is 2.43. The number of carbonyl (C=O) groups excluding carboxylic acids is 2. The molecule has 2 aromatic carbocycles. The zero-order valence-corrected chi connectivity index (χ0v) is 18.1. The molecule has 8 nitrogen and oxygen atoms in total. The van der Waals surface area contributed by atoms with Crippen LogP contribution in [0.1, 0.15) is 9.67 Å². The molecule has 3 rings (SSSR count). The topological polar surface area (TPSA) is 108 Å². The lowest BCUT2D eigenvalue weighted by Gasteiger charge is -2.07. The lowest BCUT2D eigenvalue weighted by molar-refractivity contribution is -0.384. The van der Waals surface area contributed by atoms with E-state index < -0.39 is 23.4 Å². The number of carbonyl (C=O) groups is 2. The van der Waals surface area contributed by atoms with Crippen LogP contribution in [-0.4, -0.2) is 30.5 Å². The standard InChI is InChI=1S/C18H11Cl3N2O6S/c1-28-12-5-3-9-14(20)17(30-16(9)15(12)21)18(25)29-7-13(24)22-11-6-8(23(26)27)2-4-10(11)19/h2-6H,7H2,1H3,(H,22,24). The zero-order valence-electron chi connectivity index (χ0n) is 15.0. The van der Waals surface area contributed by atoms with Gasteiger partial charge in [-0.3, -0.25) is 14.9 Å². The Hall–Kier alpha value is -2.59. The van der Waals surface area contributed by atoms with E-state index in [2.05, 4.69) is 5.32 Å². The van der Waals surface area contributed by atoms with Crippen LogP contribution in [0, 0.1) is 10.1 Å². The molecule has 0 radical (unpaired) electrons. The van der Waals surface area contributed by atoms with E-state index in [4.69, 9.17) is 44.3 Å². The highest BCUT2D eigenvalue weighted by molar-refractivity contribution is 7.22. The number of ether oxygens (including phenoxy) is 2. The number of thiophene rings is 1. The third kappa shape index (κ3) is 4.44. The average molecular weight is 490 g/mol. The number of nitrogens with zero attached hydrogens (tertiary/aromatic N) is 1. The Kier molecular flexibility index (Phi) is 6.67. The van der Waals surface area contributed by atoms with Gasteiger partial charge in [-0.2, -0.15) is 0 Å². The molecule has 1 aromatic heterocycles. The molecule has 0 unspecified atom stereocenters. The van der Waals surface area contributed by atoms with E-state index in [0.717, 1.165) is 17.4 Å². The van der Waals surface area contributed by atoms with Gasteiger partial charge in [-0.1, -0.05) is 34.8 Å². The monoisotopic (exact) mass is 488 g/mol. The summed E-state index contributed by atoms with van der Waals surface area (Å²) in [6, 6.07) is 6.85. The summed E-state index contributed by atoms with van der Waals surface area (Å²) >= 11 is 19.4. The highest BCUT2D eigenvalue weighted by atomic mass is 35.5. The number of hydrogen-bond donors (Lipinski definition) is 1. The lowest BCUT2D eigenvalue weighted by atomic mass is 10.2. The van der Waals surface area contributed by atoms with Crippen LogP contribution in [0.3, 0.4) is 0 Å². The first-order chi connectivity index (χ1) is 14.2. The Morgan fingerprint density at radius 1 is 1.17 bits per heavy atom. The number of nitro groups is 1. The summed E-state index contributed by atoms with van der Waals surface area (Å²) in [4.78, 5) is 34.8. The number of amides is 1. The van der Waals surface area contributed by atoms with Crippen LogP contribution in [0.4, 0.5) is 11.4 Å². The van der Waals surface area contributed by atoms with E-state index in [1.165, 1.54) is 19.2 Å². The summed E-state index contributed by atoms with van der Waals surface area (Å²) in [5.41, 5.74) is -0.234. The van der Waals surface area contributed by atoms with Gasteiger partial charge in [0, 0.05) is 17.5 Å². The van der Waals surface area contributed by atoms with Crippen molar-refractivity contribution in [3.8, 4) is 5.75 Å². The third-order valence-electron chi connectivity index (χ3n) is 3.88. The van der Waals surface area contributed by atoms with Gasteiger partial charge in [0.05, 0.1) is 32.5 Å². The highest BCUT2D eigenvalue weighted by Gasteiger charge is 2.22. The van der Waals surface area contributed by atoms with Gasteiger partial charge in [0.25, 0.3) is 11.6 Å². The van der Waals surface area contributed by atoms with Crippen molar-refractivity contribution in [3.63, 3.8) is 0 Å². The number of esters is 1. The minimum absolute atomic E-state index is 0.0192. The molecule has 0 aliphatic carbocycles. The smallest absolute Gasteiger partial charge is 0.350 e. The van der Waals surface area contributed by atoms with Gasteiger partial charge in [0.2, 0.25) is 0 Å². The molecule has 30 heavy (non-hydrogen) atoms. The quantitative estimate of drug-likeness (QED) is 0.275. The lowest BCUT2D eigenvalue weighted by Crippen LogP contribution is -2.21. The molecule has 0 aliphatic rings. The van der Waals surface area contributed by atoms with E-state index in [9.17, 15) is 19.7 Å². The summed E-state index contributed by atoms with van der Waals surface area (Å²) in [6.07, 6.45) is 0. The molecule has 0 saturated heterocycles. The van der Waals surface area contributed by atoms with Crippen molar-refractivity contribution in [2.75, 3.05) is 19.0 Å². The minimum atomic E-state index is -0.823. The molecule has 12 heteroatoms. The van der Waals surface area contributed by atoms with Gasteiger partial charge in [-0.25, -0.2) is 4.79 Å². The Balaban J connectivity index is 1.72. The van der Waals surface area contributed by atoms with Crippen LogP contribution < -0.4 is 10.1 Å². The number of halogens is 3. The predicted molar refractivity (Wildman–Crippen MR) is 115 cm³/mol. The maximum Gasteiger partial charge on any atom is 0.350 e. The summed E-state index contributed by atoms with van der Waals surface area (Å²) in [5, 5.41) is 14.3. The van der Waals surface area contributed by atoms with Crippen LogP contribution in [0.5, 0.6) is 5.75 Å². The van der Waals surface area contributed by atoms with Gasteiger partial charge >= 0.3 is 5.97 Å². The largest absolute Gasteiger partial charge is 0.495 e. The Morgan fingerprint density at radius 2 is 1.90 bits per heavy atom. The van der Waals surface area contributed by atoms with Crippen LogP contribution in [-0.2, 0) is 9.53 Å². The molecule has 1 amide bonds. The fourth-order valence-electron chi connectivity index (χ4n) is 2.47. The molecule has 156 valence electrons. The van der Waals surface area contributed by atoms with E-state index in [-0.39, 0.29) is 26.3 Å². The first-order valence-electron chi connectivity index (χ1n) is 8.08. The van der Waals surface area contributed by atoms with Crippen molar-refractivity contribution >= 4 is 79.5 Å². The average Bonchev–Trinajstić information content (AvgIpc) is 3.05. The Morgan fingerprint density at radius 3 is 2.57 bits per heavy atom. The first-order valence-corrected chi connectivity index (χ1v) is 10.0. The fraction of sp³-hybridized carbons (Fsp3) is 0.111. The number of methoxy groups -OCH3 is 1. The van der Waals surface area contributed by atoms with Gasteiger partial charge in [-0.15, -0.1) is 11.3 Å². The van der Waals surface area contributed by atoms with Crippen molar-refractivity contribution < 1.29 is 24.0 Å². The normalized spacial score (nSPS) is 10.7. The summed E-state index contributed by atoms with van der Waals surface area (Å²) in [5.74, 6) is -1.13.